The van der Waals surface area contributed by atoms with Crippen molar-refractivity contribution in [1.82, 2.24) is 19.6 Å². The molecule has 0 atom stereocenters. The van der Waals surface area contributed by atoms with Gasteiger partial charge in [-0.25, -0.2) is 4.98 Å². The lowest BCUT2D eigenvalue weighted by Crippen LogP contribution is -2.36. The summed E-state index contributed by atoms with van der Waals surface area (Å²) in [4.78, 5) is 31.3. The third-order valence-corrected chi connectivity index (χ3v) is 6.53. The van der Waals surface area contributed by atoms with Gasteiger partial charge in [0.15, 0.2) is 4.96 Å². The highest BCUT2D eigenvalue weighted by Crippen LogP contribution is 2.29. The zero-order valence-electron chi connectivity index (χ0n) is 18.6. The highest BCUT2D eigenvalue weighted by atomic mass is 32.1. The SMILES string of the molecule is CCN(CC)CCCNC(=O)c1ccc2c(c1)sc1nc(N3CCOCC3)cn12.O=CO. The standard InChI is InChI=1S/C21H29N5O2S.CH2O2/c1-3-24(4-2)9-5-8-22-20(27)16-6-7-17-18(14-16)29-21-23-19(15-26(17)21)25-10-12-28-13-11-25;2-1-3/h6-7,14-15H,3-5,8-13H2,1-2H3,(H,22,27);1H,(H,2,3). The number of amides is 1. The zero-order valence-corrected chi connectivity index (χ0v) is 19.4. The van der Waals surface area contributed by atoms with Gasteiger partial charge in [0, 0.05) is 25.2 Å². The molecule has 0 radical (unpaired) electrons. The number of carbonyl (C=O) groups excluding carboxylic acids is 1. The maximum atomic E-state index is 12.5. The number of nitrogens with zero attached hydrogens (tertiary/aromatic N) is 4. The van der Waals surface area contributed by atoms with Gasteiger partial charge in [0.1, 0.15) is 5.82 Å². The molecule has 1 saturated heterocycles. The predicted octanol–water partition coefficient (Wildman–Crippen LogP) is 2.55. The van der Waals surface area contributed by atoms with Crippen LogP contribution in [-0.4, -0.2) is 84.3 Å². The normalized spacial score (nSPS) is 13.9. The van der Waals surface area contributed by atoms with Gasteiger partial charge in [-0.15, -0.1) is 0 Å². The smallest absolute Gasteiger partial charge is 0.290 e. The van der Waals surface area contributed by atoms with Gasteiger partial charge >= 0.3 is 0 Å². The Labute approximate surface area is 191 Å². The second-order valence-electron chi connectivity index (χ2n) is 7.38. The number of hydrogen-bond acceptors (Lipinski definition) is 7. The first kappa shape index (κ1) is 24.0. The van der Waals surface area contributed by atoms with Crippen LogP contribution in [0.25, 0.3) is 15.2 Å². The molecule has 0 unspecified atom stereocenters. The molecule has 32 heavy (non-hydrogen) atoms. The summed E-state index contributed by atoms with van der Waals surface area (Å²) in [5, 5.41) is 9.93. The first-order chi connectivity index (χ1) is 15.6. The first-order valence-corrected chi connectivity index (χ1v) is 11.8. The number of ether oxygens (including phenoxy) is 1. The number of benzene rings is 1. The fourth-order valence-electron chi connectivity index (χ4n) is 3.72. The minimum absolute atomic E-state index is 0.00788. The second kappa shape index (κ2) is 11.8. The van der Waals surface area contributed by atoms with Crippen LogP contribution in [-0.2, 0) is 9.53 Å². The Hall–Kier alpha value is -2.69. The first-order valence-electron chi connectivity index (χ1n) is 10.9. The van der Waals surface area contributed by atoms with Crippen LogP contribution >= 0.6 is 11.3 Å². The van der Waals surface area contributed by atoms with Crippen LogP contribution in [0, 0.1) is 0 Å². The largest absolute Gasteiger partial charge is 0.483 e. The number of thiazole rings is 1. The van der Waals surface area contributed by atoms with Gasteiger partial charge in [0.25, 0.3) is 12.4 Å². The van der Waals surface area contributed by atoms with Crippen molar-refractivity contribution in [2.75, 3.05) is 57.4 Å². The number of hydrogen-bond donors (Lipinski definition) is 2. The minimum Gasteiger partial charge on any atom is -0.483 e. The summed E-state index contributed by atoms with van der Waals surface area (Å²) in [6.45, 7) is 11.1. The Bertz CT molecular complexity index is 1020. The van der Waals surface area contributed by atoms with E-state index in [1.54, 1.807) is 11.3 Å². The number of carbonyl (C=O) groups is 2. The van der Waals surface area contributed by atoms with Crippen molar-refractivity contribution < 1.29 is 19.4 Å². The summed E-state index contributed by atoms with van der Waals surface area (Å²) in [6, 6.07) is 5.90. The molecule has 1 aliphatic heterocycles. The summed E-state index contributed by atoms with van der Waals surface area (Å²) >= 11 is 1.62. The minimum atomic E-state index is -0.250. The highest BCUT2D eigenvalue weighted by molar-refractivity contribution is 7.23. The van der Waals surface area contributed by atoms with E-state index in [0.29, 0.717) is 12.1 Å². The number of rotatable bonds is 8. The Kier molecular flexibility index (Phi) is 8.83. The Balaban J connectivity index is 0.000000913. The number of imidazole rings is 1. The monoisotopic (exact) mass is 461 g/mol. The number of anilines is 1. The average molecular weight is 462 g/mol. The van der Waals surface area contributed by atoms with E-state index in [1.807, 2.05) is 18.2 Å². The zero-order chi connectivity index (χ0) is 22.9. The molecular weight excluding hydrogens is 430 g/mol. The third-order valence-electron chi connectivity index (χ3n) is 5.51. The molecule has 2 aromatic heterocycles. The predicted molar refractivity (Wildman–Crippen MR) is 127 cm³/mol. The maximum Gasteiger partial charge on any atom is 0.290 e. The lowest BCUT2D eigenvalue weighted by Gasteiger charge is -2.26. The highest BCUT2D eigenvalue weighted by Gasteiger charge is 2.17. The van der Waals surface area contributed by atoms with E-state index in [-0.39, 0.29) is 12.4 Å². The molecule has 3 heterocycles. The molecule has 0 spiro atoms. The number of aromatic nitrogens is 2. The van der Waals surface area contributed by atoms with E-state index in [9.17, 15) is 4.79 Å². The summed E-state index contributed by atoms with van der Waals surface area (Å²) in [6.07, 6.45) is 3.05. The van der Waals surface area contributed by atoms with Crippen molar-refractivity contribution >= 4 is 44.7 Å². The van der Waals surface area contributed by atoms with E-state index in [1.165, 1.54) is 0 Å². The van der Waals surface area contributed by atoms with Gasteiger partial charge in [-0.1, -0.05) is 25.2 Å². The molecule has 1 aromatic carbocycles. The van der Waals surface area contributed by atoms with Crippen molar-refractivity contribution in [1.29, 1.82) is 0 Å². The summed E-state index contributed by atoms with van der Waals surface area (Å²) in [5.74, 6) is 0.989. The van der Waals surface area contributed by atoms with Crippen LogP contribution in [0.15, 0.2) is 24.4 Å². The van der Waals surface area contributed by atoms with Crippen LogP contribution in [0.1, 0.15) is 30.6 Å². The van der Waals surface area contributed by atoms with Crippen LogP contribution in [0.2, 0.25) is 0 Å². The quantitative estimate of drug-likeness (QED) is 0.393. The Morgan fingerprint density at radius 2 is 2.03 bits per heavy atom. The van der Waals surface area contributed by atoms with Crippen molar-refractivity contribution in [3.8, 4) is 0 Å². The summed E-state index contributed by atoms with van der Waals surface area (Å²) < 4.78 is 8.63. The second-order valence-corrected chi connectivity index (χ2v) is 8.39. The van der Waals surface area contributed by atoms with Gasteiger partial charge in [0.2, 0.25) is 0 Å². The molecule has 0 saturated carbocycles. The fourth-order valence-corrected chi connectivity index (χ4v) is 4.76. The van der Waals surface area contributed by atoms with E-state index in [2.05, 4.69) is 39.6 Å². The van der Waals surface area contributed by atoms with Gasteiger partial charge < -0.3 is 25.0 Å². The van der Waals surface area contributed by atoms with Crippen molar-refractivity contribution in [2.45, 2.75) is 20.3 Å². The summed E-state index contributed by atoms with van der Waals surface area (Å²) in [5.41, 5.74) is 1.80. The van der Waals surface area contributed by atoms with E-state index in [4.69, 9.17) is 19.6 Å². The van der Waals surface area contributed by atoms with Crippen LogP contribution in [0.3, 0.4) is 0 Å². The molecule has 4 rings (SSSR count). The molecule has 0 bridgehead atoms. The third kappa shape index (κ3) is 5.76. The van der Waals surface area contributed by atoms with Crippen molar-refractivity contribution in [3.63, 3.8) is 0 Å². The molecule has 2 N–H and O–H groups in total. The van der Waals surface area contributed by atoms with Crippen LogP contribution < -0.4 is 10.2 Å². The van der Waals surface area contributed by atoms with Crippen LogP contribution in [0.5, 0.6) is 0 Å². The number of carboxylic acid groups (broad SMARTS) is 1. The van der Waals surface area contributed by atoms with Crippen molar-refractivity contribution in [2.24, 2.45) is 0 Å². The average Bonchev–Trinajstić information content (AvgIpc) is 3.38. The van der Waals surface area contributed by atoms with E-state index in [0.717, 1.165) is 73.4 Å². The number of nitrogens with one attached hydrogen (secondary N) is 1. The molecule has 0 aliphatic carbocycles. The fraction of sp³-hybridized carbons (Fsp3) is 0.500. The molecule has 1 aliphatic rings. The molecule has 10 heteroatoms. The Morgan fingerprint density at radius 1 is 1.31 bits per heavy atom. The molecule has 1 amide bonds. The molecule has 174 valence electrons. The molecule has 3 aromatic rings. The topological polar surface area (TPSA) is 99.4 Å². The molecule has 9 nitrogen and oxygen atoms in total. The Morgan fingerprint density at radius 3 is 2.72 bits per heavy atom. The van der Waals surface area contributed by atoms with Gasteiger partial charge in [-0.2, -0.15) is 0 Å². The number of morpholine rings is 1. The summed E-state index contributed by atoms with van der Waals surface area (Å²) in [7, 11) is 0. The van der Waals surface area contributed by atoms with E-state index < -0.39 is 0 Å². The van der Waals surface area contributed by atoms with Crippen LogP contribution in [0.4, 0.5) is 5.82 Å². The van der Waals surface area contributed by atoms with E-state index >= 15 is 0 Å². The lowest BCUT2D eigenvalue weighted by atomic mass is 10.2. The van der Waals surface area contributed by atoms with Gasteiger partial charge in [0.05, 0.1) is 29.6 Å². The van der Waals surface area contributed by atoms with Gasteiger partial charge in [-0.05, 0) is 44.3 Å². The lowest BCUT2D eigenvalue weighted by molar-refractivity contribution is -0.122. The molecular formula is C22H31N5O4S. The van der Waals surface area contributed by atoms with Gasteiger partial charge in [-0.3, -0.25) is 14.0 Å². The number of fused-ring (bicyclic) bond motifs is 3. The molecule has 1 fully saturated rings. The maximum absolute atomic E-state index is 12.5. The van der Waals surface area contributed by atoms with Crippen molar-refractivity contribution in [3.05, 3.63) is 30.0 Å².